The maximum absolute atomic E-state index is 12.2. The third-order valence-electron chi connectivity index (χ3n) is 5.08. The van der Waals surface area contributed by atoms with Crippen LogP contribution in [0.5, 0.6) is 5.75 Å². The van der Waals surface area contributed by atoms with Crippen LogP contribution in [-0.2, 0) is 21.2 Å². The molecule has 28 heavy (non-hydrogen) atoms. The summed E-state index contributed by atoms with van der Waals surface area (Å²) in [6, 6.07) is 5.82. The number of nitrogens with one attached hydrogen (secondary N) is 2. The number of hydrogen-bond acceptors (Lipinski definition) is 4. The summed E-state index contributed by atoms with van der Waals surface area (Å²) in [6.45, 7) is 5.73. The zero-order valence-electron chi connectivity index (χ0n) is 17.3. The number of benzene rings is 1. The van der Waals surface area contributed by atoms with Crippen molar-refractivity contribution in [2.75, 3.05) is 11.9 Å². The molecule has 1 aliphatic carbocycles. The second-order valence-electron chi connectivity index (χ2n) is 7.69. The highest BCUT2D eigenvalue weighted by atomic mass is 32.2. The van der Waals surface area contributed by atoms with Gasteiger partial charge in [-0.05, 0) is 82.6 Å². The molecule has 0 unspecified atom stereocenters. The number of amides is 1. The molecule has 2 N–H and O–H groups in total. The molecule has 1 amide bonds. The Morgan fingerprint density at radius 3 is 2.57 bits per heavy atom. The molecule has 0 spiro atoms. The van der Waals surface area contributed by atoms with E-state index in [1.165, 1.54) is 12.8 Å². The van der Waals surface area contributed by atoms with Gasteiger partial charge in [0.25, 0.3) is 0 Å². The van der Waals surface area contributed by atoms with Crippen molar-refractivity contribution in [1.82, 2.24) is 4.72 Å². The van der Waals surface area contributed by atoms with E-state index in [-0.39, 0.29) is 5.91 Å². The van der Waals surface area contributed by atoms with Gasteiger partial charge in [0.1, 0.15) is 5.75 Å². The molecule has 0 bridgehead atoms. The van der Waals surface area contributed by atoms with E-state index < -0.39 is 15.3 Å². The molecular formula is C21H34N2O4S. The van der Waals surface area contributed by atoms with E-state index in [0.29, 0.717) is 31.9 Å². The Morgan fingerprint density at radius 1 is 1.21 bits per heavy atom. The van der Waals surface area contributed by atoms with Crippen LogP contribution in [0.1, 0.15) is 71.3 Å². The molecule has 0 aromatic heterocycles. The Kier molecular flexibility index (Phi) is 8.76. The Labute approximate surface area is 169 Å². The lowest BCUT2D eigenvalue weighted by Gasteiger charge is -2.17. The molecular weight excluding hydrogens is 376 g/mol. The molecule has 1 saturated carbocycles. The Morgan fingerprint density at radius 2 is 1.93 bits per heavy atom. The van der Waals surface area contributed by atoms with Gasteiger partial charge in [0, 0.05) is 18.7 Å². The van der Waals surface area contributed by atoms with Crippen LogP contribution in [0.15, 0.2) is 18.2 Å². The number of unbranched alkanes of at least 4 members (excludes halogenated alkanes) is 1. The van der Waals surface area contributed by atoms with Gasteiger partial charge in [-0.3, -0.25) is 4.79 Å². The number of sulfonamides is 1. The molecule has 6 nitrogen and oxygen atoms in total. The van der Waals surface area contributed by atoms with Crippen molar-refractivity contribution in [2.24, 2.45) is 0 Å². The Hall–Kier alpha value is -1.60. The minimum absolute atomic E-state index is 0.0572. The maximum Gasteiger partial charge on any atom is 0.224 e. The lowest BCUT2D eigenvalue weighted by Crippen LogP contribution is -2.31. The first-order valence-corrected chi connectivity index (χ1v) is 11.9. The number of carbonyl (C=O) groups is 1. The third-order valence-corrected chi connectivity index (χ3v) is 6.92. The first kappa shape index (κ1) is 22.7. The number of ether oxygens (including phenoxy) is 1. The predicted octanol–water partition coefficient (Wildman–Crippen LogP) is 4.01. The lowest BCUT2D eigenvalue weighted by atomic mass is 10.1. The van der Waals surface area contributed by atoms with Crippen LogP contribution < -0.4 is 14.8 Å². The van der Waals surface area contributed by atoms with Crippen LogP contribution in [-0.4, -0.2) is 32.2 Å². The smallest absolute Gasteiger partial charge is 0.224 e. The van der Waals surface area contributed by atoms with E-state index in [1.807, 2.05) is 18.2 Å². The molecule has 1 aliphatic rings. The molecule has 7 heteroatoms. The fourth-order valence-corrected chi connectivity index (χ4v) is 4.01. The lowest BCUT2D eigenvalue weighted by molar-refractivity contribution is -0.116. The van der Waals surface area contributed by atoms with Crippen molar-refractivity contribution in [3.05, 3.63) is 23.8 Å². The van der Waals surface area contributed by atoms with Crippen LogP contribution in [0.4, 0.5) is 5.69 Å². The van der Waals surface area contributed by atoms with E-state index >= 15 is 0 Å². The van der Waals surface area contributed by atoms with Crippen LogP contribution in [0, 0.1) is 0 Å². The molecule has 0 heterocycles. The second kappa shape index (κ2) is 10.8. The summed E-state index contributed by atoms with van der Waals surface area (Å²) in [7, 11) is -3.23. The van der Waals surface area contributed by atoms with Crippen molar-refractivity contribution in [3.63, 3.8) is 0 Å². The fourth-order valence-electron chi connectivity index (χ4n) is 3.25. The third kappa shape index (κ3) is 7.09. The van der Waals surface area contributed by atoms with Crippen LogP contribution in [0.25, 0.3) is 0 Å². The standard InChI is InChI=1S/C21H34N2O4S/c1-4-17-15-18(12-13-20(17)27-19-9-5-6-10-19)23-21(24)11-7-8-14-22-28(25,26)16(2)3/h12-13,15-16,19,22H,4-11,14H2,1-3H3,(H,23,24). The number of hydrogen-bond donors (Lipinski definition) is 2. The molecule has 1 aromatic carbocycles. The largest absolute Gasteiger partial charge is 0.490 e. The summed E-state index contributed by atoms with van der Waals surface area (Å²) in [5, 5.41) is 2.49. The second-order valence-corrected chi connectivity index (χ2v) is 10.0. The maximum atomic E-state index is 12.2. The highest BCUT2D eigenvalue weighted by Crippen LogP contribution is 2.29. The van der Waals surface area contributed by atoms with Gasteiger partial charge in [-0.2, -0.15) is 0 Å². The molecule has 2 rings (SSSR count). The van der Waals surface area contributed by atoms with Gasteiger partial charge >= 0.3 is 0 Å². The Balaban J connectivity index is 1.76. The number of aryl methyl sites for hydroxylation is 1. The monoisotopic (exact) mass is 410 g/mol. The van der Waals surface area contributed by atoms with Gasteiger partial charge in [-0.25, -0.2) is 13.1 Å². The van der Waals surface area contributed by atoms with E-state index in [0.717, 1.165) is 36.3 Å². The number of carbonyl (C=O) groups excluding carboxylic acids is 1. The normalized spacial score (nSPS) is 15.1. The number of anilines is 1. The van der Waals surface area contributed by atoms with Crippen molar-refractivity contribution < 1.29 is 17.9 Å². The van der Waals surface area contributed by atoms with E-state index in [2.05, 4.69) is 17.0 Å². The summed E-state index contributed by atoms with van der Waals surface area (Å²) < 4.78 is 32.0. The average molecular weight is 411 g/mol. The Bertz CT molecular complexity index is 741. The van der Waals surface area contributed by atoms with Crippen LogP contribution in [0.2, 0.25) is 0 Å². The quantitative estimate of drug-likeness (QED) is 0.540. The molecule has 0 aliphatic heterocycles. The summed E-state index contributed by atoms with van der Waals surface area (Å²) in [4.78, 5) is 12.2. The van der Waals surface area contributed by atoms with Crippen molar-refractivity contribution >= 4 is 21.6 Å². The van der Waals surface area contributed by atoms with Crippen molar-refractivity contribution in [3.8, 4) is 5.75 Å². The summed E-state index contributed by atoms with van der Waals surface area (Å²) in [5.41, 5.74) is 1.88. The van der Waals surface area contributed by atoms with Crippen molar-refractivity contribution in [2.45, 2.75) is 83.5 Å². The van der Waals surface area contributed by atoms with Crippen molar-refractivity contribution in [1.29, 1.82) is 0 Å². The van der Waals surface area contributed by atoms with Gasteiger partial charge in [-0.1, -0.05) is 6.92 Å². The van der Waals surface area contributed by atoms with Crippen LogP contribution in [0.3, 0.4) is 0 Å². The zero-order chi connectivity index (χ0) is 20.6. The highest BCUT2D eigenvalue weighted by molar-refractivity contribution is 7.90. The van der Waals surface area contributed by atoms with Gasteiger partial charge in [-0.15, -0.1) is 0 Å². The molecule has 1 fully saturated rings. The van der Waals surface area contributed by atoms with E-state index in [4.69, 9.17) is 4.74 Å². The van der Waals surface area contributed by atoms with Gasteiger partial charge < -0.3 is 10.1 Å². The SMILES string of the molecule is CCc1cc(NC(=O)CCCCNS(=O)(=O)C(C)C)ccc1OC1CCCC1. The topological polar surface area (TPSA) is 84.5 Å². The molecule has 0 atom stereocenters. The number of rotatable bonds is 11. The van der Waals surface area contributed by atoms with Gasteiger partial charge in [0.2, 0.25) is 15.9 Å². The van der Waals surface area contributed by atoms with Crippen LogP contribution >= 0.6 is 0 Å². The average Bonchev–Trinajstić information content (AvgIpc) is 3.15. The summed E-state index contributed by atoms with van der Waals surface area (Å²) in [6.07, 6.45) is 7.51. The predicted molar refractivity (Wildman–Crippen MR) is 113 cm³/mol. The fraction of sp³-hybridized carbons (Fsp3) is 0.667. The summed E-state index contributed by atoms with van der Waals surface area (Å²) >= 11 is 0. The molecule has 0 saturated heterocycles. The first-order chi connectivity index (χ1) is 13.3. The minimum atomic E-state index is -3.23. The molecule has 158 valence electrons. The zero-order valence-corrected chi connectivity index (χ0v) is 18.1. The van der Waals surface area contributed by atoms with Gasteiger partial charge in [0.15, 0.2) is 0 Å². The highest BCUT2D eigenvalue weighted by Gasteiger charge is 2.18. The summed E-state index contributed by atoms with van der Waals surface area (Å²) in [5.74, 6) is 0.864. The van der Waals surface area contributed by atoms with E-state index in [1.54, 1.807) is 13.8 Å². The minimum Gasteiger partial charge on any atom is -0.490 e. The molecule has 0 radical (unpaired) electrons. The van der Waals surface area contributed by atoms with E-state index in [9.17, 15) is 13.2 Å². The van der Waals surface area contributed by atoms with Gasteiger partial charge in [0.05, 0.1) is 11.4 Å². The molecule has 1 aromatic rings. The first-order valence-electron chi connectivity index (χ1n) is 10.4.